The van der Waals surface area contributed by atoms with E-state index in [-0.39, 0.29) is 22.0 Å². The van der Waals surface area contributed by atoms with Gasteiger partial charge in [-0.05, 0) is 18.2 Å². The molecule has 5 nitrogen and oxygen atoms in total. The van der Waals surface area contributed by atoms with Gasteiger partial charge in [-0.1, -0.05) is 18.5 Å². The van der Waals surface area contributed by atoms with Gasteiger partial charge in [-0.25, -0.2) is 13.1 Å². The summed E-state index contributed by atoms with van der Waals surface area (Å²) < 4.78 is 25.5. The molecule has 0 fully saturated rings. The van der Waals surface area contributed by atoms with Gasteiger partial charge < -0.3 is 5.73 Å². The quantitative estimate of drug-likeness (QED) is 0.839. The fraction of sp³-hybridized carbons (Fsp3) is 0.222. The highest BCUT2D eigenvalue weighted by Gasteiger charge is 2.15. The molecule has 1 aromatic rings. The molecule has 0 aliphatic carbocycles. The number of halogens is 1. The number of hydrogen-bond donors (Lipinski definition) is 2. The van der Waals surface area contributed by atoms with Crippen molar-refractivity contribution >= 4 is 27.5 Å². The lowest BCUT2D eigenvalue weighted by Crippen LogP contribution is -2.23. The van der Waals surface area contributed by atoms with E-state index in [0.29, 0.717) is 0 Å². The molecule has 0 aliphatic rings. The van der Waals surface area contributed by atoms with E-state index in [1.54, 1.807) is 6.92 Å². The Morgan fingerprint density at radius 1 is 1.50 bits per heavy atom. The van der Waals surface area contributed by atoms with E-state index in [1.165, 1.54) is 18.2 Å². The molecular weight excluding hydrogens is 252 g/mol. The number of carbonyl (C=O) groups excluding carboxylic acids is 1. The minimum atomic E-state index is -3.56. The van der Waals surface area contributed by atoms with Crippen LogP contribution in [0.3, 0.4) is 0 Å². The Labute approximate surface area is 98.6 Å². The van der Waals surface area contributed by atoms with E-state index < -0.39 is 15.9 Å². The zero-order chi connectivity index (χ0) is 12.3. The maximum atomic E-state index is 11.6. The molecule has 0 saturated heterocycles. The summed E-state index contributed by atoms with van der Waals surface area (Å²) >= 11 is 5.74. The lowest BCUT2D eigenvalue weighted by Gasteiger charge is -2.06. The molecule has 16 heavy (non-hydrogen) atoms. The van der Waals surface area contributed by atoms with Crippen LogP contribution in [-0.2, 0) is 10.0 Å². The summed E-state index contributed by atoms with van der Waals surface area (Å²) in [4.78, 5) is 10.9. The van der Waals surface area contributed by atoms with Crippen LogP contribution in [0.4, 0.5) is 0 Å². The molecule has 1 aromatic carbocycles. The van der Waals surface area contributed by atoms with Crippen LogP contribution < -0.4 is 10.5 Å². The Kier molecular flexibility index (Phi) is 3.90. The largest absolute Gasteiger partial charge is 0.366 e. The molecule has 0 radical (unpaired) electrons. The monoisotopic (exact) mass is 262 g/mol. The van der Waals surface area contributed by atoms with E-state index in [1.807, 2.05) is 0 Å². The maximum absolute atomic E-state index is 11.6. The maximum Gasteiger partial charge on any atom is 0.250 e. The fourth-order valence-corrected chi connectivity index (χ4v) is 2.54. The Balaban J connectivity index is 3.21. The molecule has 3 N–H and O–H groups in total. The van der Waals surface area contributed by atoms with Crippen molar-refractivity contribution in [1.29, 1.82) is 0 Å². The topological polar surface area (TPSA) is 89.3 Å². The lowest BCUT2D eigenvalue weighted by atomic mass is 10.2. The number of nitrogens with one attached hydrogen (secondary N) is 1. The molecule has 0 atom stereocenters. The van der Waals surface area contributed by atoms with Gasteiger partial charge in [0.05, 0.1) is 15.5 Å². The van der Waals surface area contributed by atoms with Crippen LogP contribution in [0.15, 0.2) is 23.1 Å². The molecule has 0 bridgehead atoms. The third kappa shape index (κ3) is 2.72. The Bertz CT molecular complexity index is 513. The molecule has 1 amide bonds. The second-order valence-corrected chi connectivity index (χ2v) is 5.18. The average molecular weight is 263 g/mol. The Morgan fingerprint density at radius 3 is 2.56 bits per heavy atom. The summed E-state index contributed by atoms with van der Waals surface area (Å²) in [6.45, 7) is 1.94. The number of hydrogen-bond acceptors (Lipinski definition) is 3. The number of nitrogens with two attached hydrogens (primary N) is 1. The molecule has 0 unspecified atom stereocenters. The summed E-state index contributed by atoms with van der Waals surface area (Å²) in [5.74, 6) is -0.697. The van der Waals surface area contributed by atoms with Crippen molar-refractivity contribution in [3.05, 3.63) is 28.8 Å². The molecule has 0 spiro atoms. The highest BCUT2D eigenvalue weighted by atomic mass is 35.5. The first-order valence-corrected chi connectivity index (χ1v) is 6.33. The zero-order valence-corrected chi connectivity index (χ0v) is 10.1. The summed E-state index contributed by atoms with van der Waals surface area (Å²) in [6, 6.07) is 3.76. The minimum Gasteiger partial charge on any atom is -0.366 e. The molecule has 88 valence electrons. The normalized spacial score (nSPS) is 11.4. The first kappa shape index (κ1) is 13.0. The average Bonchev–Trinajstić information content (AvgIpc) is 2.16. The number of primary amides is 1. The van der Waals surface area contributed by atoms with Crippen molar-refractivity contribution in [1.82, 2.24) is 4.72 Å². The summed E-state index contributed by atoms with van der Waals surface area (Å²) in [6.07, 6.45) is 0. The van der Waals surface area contributed by atoms with E-state index >= 15 is 0 Å². The summed E-state index contributed by atoms with van der Waals surface area (Å²) in [7, 11) is -3.56. The van der Waals surface area contributed by atoms with Gasteiger partial charge in [0.15, 0.2) is 0 Å². The third-order valence-electron chi connectivity index (χ3n) is 1.85. The predicted octanol–water partition coefficient (Wildman–Crippen LogP) is 0.737. The van der Waals surface area contributed by atoms with E-state index in [4.69, 9.17) is 17.3 Å². The smallest absolute Gasteiger partial charge is 0.250 e. The third-order valence-corrected chi connectivity index (χ3v) is 3.71. The van der Waals surface area contributed by atoms with Crippen molar-refractivity contribution < 1.29 is 13.2 Å². The van der Waals surface area contributed by atoms with E-state index in [0.717, 1.165) is 0 Å². The van der Waals surface area contributed by atoms with Crippen molar-refractivity contribution in [2.24, 2.45) is 5.73 Å². The van der Waals surface area contributed by atoms with Gasteiger partial charge >= 0.3 is 0 Å². The molecule has 7 heteroatoms. The number of sulfonamides is 1. The van der Waals surface area contributed by atoms with Crippen molar-refractivity contribution in [3.8, 4) is 0 Å². The molecule has 0 aromatic heterocycles. The predicted molar refractivity (Wildman–Crippen MR) is 60.8 cm³/mol. The van der Waals surface area contributed by atoms with E-state index in [9.17, 15) is 13.2 Å². The summed E-state index contributed by atoms with van der Waals surface area (Å²) in [5, 5.41) is 0.0199. The number of rotatable bonds is 4. The second-order valence-electron chi connectivity index (χ2n) is 3.01. The Morgan fingerprint density at radius 2 is 2.12 bits per heavy atom. The van der Waals surface area contributed by atoms with Gasteiger partial charge in [0.1, 0.15) is 0 Å². The standard InChI is InChI=1S/C9H11ClN2O3S/c1-2-12-16(14,15)6-3-4-7(9(11)13)8(10)5-6/h3-5,12H,2H2,1H3,(H2,11,13). The van der Waals surface area contributed by atoms with Crippen molar-refractivity contribution in [2.45, 2.75) is 11.8 Å². The fourth-order valence-electron chi connectivity index (χ4n) is 1.14. The van der Waals surface area contributed by atoms with Crippen molar-refractivity contribution in [3.63, 3.8) is 0 Å². The van der Waals surface area contributed by atoms with Crippen LogP contribution in [-0.4, -0.2) is 20.9 Å². The van der Waals surface area contributed by atoms with Crippen LogP contribution >= 0.6 is 11.6 Å². The SMILES string of the molecule is CCNS(=O)(=O)c1ccc(C(N)=O)c(Cl)c1. The number of carbonyl (C=O) groups is 1. The lowest BCUT2D eigenvalue weighted by molar-refractivity contribution is 0.100. The number of amides is 1. The van der Waals surface area contributed by atoms with Crippen LogP contribution in [0.5, 0.6) is 0 Å². The first-order chi connectivity index (χ1) is 7.38. The second kappa shape index (κ2) is 4.82. The highest BCUT2D eigenvalue weighted by Crippen LogP contribution is 2.20. The molecule has 0 aliphatic heterocycles. The van der Waals surface area contributed by atoms with Gasteiger partial charge in [-0.3, -0.25) is 4.79 Å². The van der Waals surface area contributed by atoms with Gasteiger partial charge in [-0.15, -0.1) is 0 Å². The van der Waals surface area contributed by atoms with E-state index in [2.05, 4.69) is 4.72 Å². The van der Waals surface area contributed by atoms with Crippen LogP contribution in [0.2, 0.25) is 5.02 Å². The highest BCUT2D eigenvalue weighted by molar-refractivity contribution is 7.89. The molecule has 0 saturated carbocycles. The summed E-state index contributed by atoms with van der Waals surface area (Å²) in [5.41, 5.74) is 5.14. The molecule has 0 heterocycles. The Hall–Kier alpha value is -1.11. The van der Waals surface area contributed by atoms with Gasteiger partial charge in [0, 0.05) is 6.54 Å². The van der Waals surface area contributed by atoms with Gasteiger partial charge in [0.25, 0.3) is 0 Å². The van der Waals surface area contributed by atoms with Crippen LogP contribution in [0.1, 0.15) is 17.3 Å². The number of benzene rings is 1. The molecule has 1 rings (SSSR count). The van der Waals surface area contributed by atoms with Crippen molar-refractivity contribution in [2.75, 3.05) is 6.54 Å². The first-order valence-electron chi connectivity index (χ1n) is 4.47. The van der Waals surface area contributed by atoms with Crippen LogP contribution in [0, 0.1) is 0 Å². The minimum absolute atomic E-state index is 0.00403. The van der Waals surface area contributed by atoms with Gasteiger partial charge in [0.2, 0.25) is 15.9 Å². The zero-order valence-electron chi connectivity index (χ0n) is 8.53. The van der Waals surface area contributed by atoms with Gasteiger partial charge in [-0.2, -0.15) is 0 Å². The molecular formula is C9H11ClN2O3S. The van der Waals surface area contributed by atoms with Crippen LogP contribution in [0.25, 0.3) is 0 Å².